The molecule has 0 bridgehead atoms. The minimum atomic E-state index is -5.59. The van der Waals surface area contributed by atoms with E-state index in [-0.39, 0.29) is 4.90 Å². The average molecular weight is 502 g/mol. The fourth-order valence-corrected chi connectivity index (χ4v) is 3.97. The number of thioether (sulfide) groups is 1. The minimum absolute atomic E-state index is 0.187. The van der Waals surface area contributed by atoms with Crippen LogP contribution in [0.2, 0.25) is 0 Å². The summed E-state index contributed by atoms with van der Waals surface area (Å²) in [5, 5.41) is 9.20. The lowest BCUT2D eigenvalue weighted by molar-refractivity contribution is -0.0436. The van der Waals surface area contributed by atoms with E-state index >= 15 is 0 Å². The number of hydrogen-bond donors (Lipinski definition) is 1. The van der Waals surface area contributed by atoms with Gasteiger partial charge in [0.25, 0.3) is 9.84 Å². The van der Waals surface area contributed by atoms with Crippen LogP contribution in [0.3, 0.4) is 0 Å². The number of sulfone groups is 1. The monoisotopic (exact) mass is 502 g/mol. The van der Waals surface area contributed by atoms with Crippen molar-refractivity contribution in [2.45, 2.75) is 21.1 Å². The first-order valence-electron chi connectivity index (χ1n) is 6.58. The van der Waals surface area contributed by atoms with Gasteiger partial charge in [-0.3, -0.25) is 0 Å². The summed E-state index contributed by atoms with van der Waals surface area (Å²) in [7, 11) is -5.59. The molecule has 0 heterocycles. The molecule has 0 saturated heterocycles. The van der Waals surface area contributed by atoms with Gasteiger partial charge in [-0.05, 0) is 58.5 Å². The molecule has 4 nitrogen and oxygen atoms in total. The standard InChI is InChI=1S/C15H10F3IO4S2/c16-15(17,18)25(22,23)11-5-6-13(12(7-11)14(20)21)24-8-9-1-3-10(19)4-2-9/h1-7H,8H2,(H,20,21). The van der Waals surface area contributed by atoms with Crippen LogP contribution in [-0.2, 0) is 15.6 Å². The number of aromatic carboxylic acids is 1. The highest BCUT2D eigenvalue weighted by Crippen LogP contribution is 2.34. The lowest BCUT2D eigenvalue weighted by atomic mass is 10.2. The van der Waals surface area contributed by atoms with Gasteiger partial charge in [-0.15, -0.1) is 11.8 Å². The smallest absolute Gasteiger partial charge is 0.478 e. The highest BCUT2D eigenvalue weighted by molar-refractivity contribution is 14.1. The third kappa shape index (κ3) is 4.67. The van der Waals surface area contributed by atoms with Crippen LogP contribution < -0.4 is 0 Å². The zero-order valence-corrected chi connectivity index (χ0v) is 16.0. The molecule has 25 heavy (non-hydrogen) atoms. The van der Waals surface area contributed by atoms with Gasteiger partial charge in [0.15, 0.2) is 0 Å². The topological polar surface area (TPSA) is 71.4 Å². The zero-order valence-electron chi connectivity index (χ0n) is 12.2. The maximum atomic E-state index is 12.6. The summed E-state index contributed by atoms with van der Waals surface area (Å²) < 4.78 is 61.7. The Balaban J connectivity index is 2.34. The molecule has 1 N–H and O–H groups in total. The Kier molecular flexibility index (Phi) is 6.05. The highest BCUT2D eigenvalue weighted by Gasteiger charge is 2.47. The van der Waals surface area contributed by atoms with E-state index < -0.39 is 31.8 Å². The van der Waals surface area contributed by atoms with Crippen molar-refractivity contribution in [3.63, 3.8) is 0 Å². The van der Waals surface area contributed by atoms with Crippen molar-refractivity contribution in [3.05, 3.63) is 57.2 Å². The average Bonchev–Trinajstić information content (AvgIpc) is 2.53. The Morgan fingerprint density at radius 2 is 1.72 bits per heavy atom. The van der Waals surface area contributed by atoms with Crippen molar-refractivity contribution in [1.29, 1.82) is 0 Å². The third-order valence-corrected chi connectivity index (χ3v) is 6.45. The van der Waals surface area contributed by atoms with Crippen LogP contribution in [0.1, 0.15) is 15.9 Å². The molecule has 2 aromatic carbocycles. The minimum Gasteiger partial charge on any atom is -0.478 e. The van der Waals surface area contributed by atoms with E-state index in [0.717, 1.165) is 33.0 Å². The van der Waals surface area contributed by atoms with Crippen molar-refractivity contribution in [3.8, 4) is 0 Å². The van der Waals surface area contributed by atoms with Gasteiger partial charge in [0.2, 0.25) is 0 Å². The predicted octanol–water partition coefficient (Wildman–Crippen LogP) is 4.58. The molecule has 0 saturated carbocycles. The second-order valence-electron chi connectivity index (χ2n) is 4.83. The second-order valence-corrected chi connectivity index (χ2v) is 9.03. The summed E-state index contributed by atoms with van der Waals surface area (Å²) >= 11 is 3.24. The normalized spacial score (nSPS) is 12.2. The Morgan fingerprint density at radius 1 is 1.12 bits per heavy atom. The summed E-state index contributed by atoms with van der Waals surface area (Å²) in [6.45, 7) is 0. The molecule has 10 heteroatoms. The lowest BCUT2D eigenvalue weighted by Crippen LogP contribution is -2.23. The fraction of sp³-hybridized carbons (Fsp3) is 0.133. The van der Waals surface area contributed by atoms with Crippen LogP contribution in [-0.4, -0.2) is 25.0 Å². The summed E-state index contributed by atoms with van der Waals surface area (Å²) in [6.07, 6.45) is 0. The van der Waals surface area contributed by atoms with Gasteiger partial charge in [0.05, 0.1) is 10.5 Å². The van der Waals surface area contributed by atoms with Gasteiger partial charge in [-0.1, -0.05) is 12.1 Å². The predicted molar refractivity (Wildman–Crippen MR) is 95.4 cm³/mol. The van der Waals surface area contributed by atoms with Crippen LogP contribution in [0.5, 0.6) is 0 Å². The molecule has 0 aliphatic heterocycles. The van der Waals surface area contributed by atoms with Gasteiger partial charge >= 0.3 is 11.5 Å². The largest absolute Gasteiger partial charge is 0.501 e. The number of carboxylic acid groups (broad SMARTS) is 1. The molecule has 0 spiro atoms. The van der Waals surface area contributed by atoms with Crippen molar-refractivity contribution in [2.75, 3.05) is 0 Å². The first-order valence-corrected chi connectivity index (χ1v) is 10.1. The van der Waals surface area contributed by atoms with Gasteiger partial charge in [0, 0.05) is 14.2 Å². The fourth-order valence-electron chi connectivity index (χ4n) is 1.84. The van der Waals surface area contributed by atoms with Crippen molar-refractivity contribution in [2.24, 2.45) is 0 Å². The second kappa shape index (κ2) is 7.54. The summed E-state index contributed by atoms with van der Waals surface area (Å²) in [4.78, 5) is 10.4. The van der Waals surface area contributed by atoms with Crippen molar-refractivity contribution >= 4 is 50.2 Å². The molecule has 0 aromatic heterocycles. The number of hydrogen-bond acceptors (Lipinski definition) is 4. The molecular formula is C15H10F3IO4S2. The molecule has 0 amide bonds. The van der Waals surface area contributed by atoms with Crippen LogP contribution in [0.25, 0.3) is 0 Å². The first-order chi connectivity index (χ1) is 11.5. The van der Waals surface area contributed by atoms with Gasteiger partial charge in [-0.25, -0.2) is 13.2 Å². The van der Waals surface area contributed by atoms with Crippen molar-refractivity contribution in [1.82, 2.24) is 0 Å². The van der Waals surface area contributed by atoms with E-state index in [4.69, 9.17) is 0 Å². The van der Waals surface area contributed by atoms with E-state index in [1.165, 1.54) is 0 Å². The number of benzene rings is 2. The van der Waals surface area contributed by atoms with E-state index in [9.17, 15) is 31.5 Å². The van der Waals surface area contributed by atoms with Crippen LogP contribution >= 0.6 is 34.4 Å². The summed E-state index contributed by atoms with van der Waals surface area (Å²) in [5.41, 5.74) is -5.08. The Morgan fingerprint density at radius 3 is 2.24 bits per heavy atom. The zero-order chi connectivity index (χ0) is 18.8. The molecule has 134 valence electrons. The quantitative estimate of drug-likeness (QED) is 0.479. The van der Waals surface area contributed by atoms with Crippen LogP contribution in [0.4, 0.5) is 13.2 Å². The third-order valence-electron chi connectivity index (χ3n) is 3.10. The Labute approximate surface area is 159 Å². The van der Waals surface area contributed by atoms with Crippen LogP contribution in [0, 0.1) is 3.57 Å². The van der Waals surface area contributed by atoms with E-state index in [0.29, 0.717) is 11.8 Å². The van der Waals surface area contributed by atoms with Crippen molar-refractivity contribution < 1.29 is 31.5 Å². The molecule has 0 atom stereocenters. The molecular weight excluding hydrogens is 492 g/mol. The highest BCUT2D eigenvalue weighted by atomic mass is 127. The molecule has 0 aliphatic rings. The molecule has 0 fully saturated rings. The maximum Gasteiger partial charge on any atom is 0.501 e. The van der Waals surface area contributed by atoms with Crippen LogP contribution in [0.15, 0.2) is 52.3 Å². The number of rotatable bonds is 5. The van der Waals surface area contributed by atoms with E-state index in [2.05, 4.69) is 22.6 Å². The van der Waals surface area contributed by atoms with E-state index in [1.807, 2.05) is 24.3 Å². The number of halogens is 4. The summed E-state index contributed by atoms with van der Waals surface area (Å²) in [6, 6.07) is 9.82. The Hall–Kier alpha value is -1.27. The first kappa shape index (κ1) is 20.0. The van der Waals surface area contributed by atoms with Gasteiger partial charge < -0.3 is 5.11 Å². The number of carbonyl (C=O) groups is 1. The molecule has 0 unspecified atom stereocenters. The van der Waals surface area contributed by atoms with Gasteiger partial charge in [0.1, 0.15) is 0 Å². The van der Waals surface area contributed by atoms with Gasteiger partial charge in [-0.2, -0.15) is 13.2 Å². The SMILES string of the molecule is O=C(O)c1cc(S(=O)(=O)C(F)(F)F)ccc1SCc1ccc(I)cc1. The molecule has 2 aromatic rings. The molecule has 0 aliphatic carbocycles. The lowest BCUT2D eigenvalue weighted by Gasteiger charge is -2.11. The molecule has 2 rings (SSSR count). The Bertz CT molecular complexity index is 894. The number of alkyl halides is 3. The van der Waals surface area contributed by atoms with E-state index in [1.54, 1.807) is 0 Å². The maximum absolute atomic E-state index is 12.6. The molecule has 0 radical (unpaired) electrons. The number of carboxylic acids is 1. The summed E-state index contributed by atoms with van der Waals surface area (Å²) in [5.74, 6) is -1.10.